The Morgan fingerprint density at radius 1 is 1.25 bits per heavy atom. The highest BCUT2D eigenvalue weighted by atomic mass is 35.5. The number of aromatic amines is 1. The Balaban J connectivity index is 1.44. The van der Waals surface area contributed by atoms with E-state index >= 15 is 0 Å². The van der Waals surface area contributed by atoms with Crippen molar-refractivity contribution in [1.29, 1.82) is 0 Å². The monoisotopic (exact) mass is 392 g/mol. The quantitative estimate of drug-likeness (QED) is 0.557. The van der Waals surface area contributed by atoms with Crippen molar-refractivity contribution in [1.82, 2.24) is 30.5 Å². The van der Waals surface area contributed by atoms with Crippen molar-refractivity contribution in [2.45, 2.75) is 25.3 Å². The molecule has 2 N–H and O–H groups in total. The number of amides is 1. The maximum absolute atomic E-state index is 12.9. The van der Waals surface area contributed by atoms with E-state index in [0.29, 0.717) is 5.56 Å². The van der Waals surface area contributed by atoms with Crippen LogP contribution in [0.2, 0.25) is 5.02 Å². The molecule has 2 aromatic heterocycles. The van der Waals surface area contributed by atoms with Gasteiger partial charge in [0.1, 0.15) is 6.33 Å². The summed E-state index contributed by atoms with van der Waals surface area (Å²) in [5.41, 5.74) is 4.68. The van der Waals surface area contributed by atoms with Crippen molar-refractivity contribution in [3.63, 3.8) is 0 Å². The number of halogens is 1. The normalized spacial score (nSPS) is 16.1. The number of aryl methyl sites for hydroxylation is 1. The van der Waals surface area contributed by atoms with Crippen molar-refractivity contribution in [3.8, 4) is 5.69 Å². The third-order valence-corrected chi connectivity index (χ3v) is 5.43. The minimum atomic E-state index is -0.121. The topological polar surface area (TPSA) is 88.5 Å². The zero-order chi connectivity index (χ0) is 19.1. The molecule has 1 aliphatic rings. The second-order valence-corrected chi connectivity index (χ2v) is 7.37. The van der Waals surface area contributed by atoms with E-state index in [1.54, 1.807) is 12.1 Å². The van der Waals surface area contributed by atoms with E-state index in [-0.39, 0.29) is 11.9 Å². The number of carbonyl (C=O) groups excluding carboxylic acids is 1. The molecule has 0 spiro atoms. The highest BCUT2D eigenvalue weighted by molar-refractivity contribution is 6.31. The first-order chi connectivity index (χ1) is 13.7. The van der Waals surface area contributed by atoms with Gasteiger partial charge >= 0.3 is 0 Å². The van der Waals surface area contributed by atoms with Gasteiger partial charge in [-0.25, -0.2) is 4.68 Å². The molecule has 1 amide bonds. The highest BCUT2D eigenvalue weighted by Crippen LogP contribution is 2.35. The van der Waals surface area contributed by atoms with Crippen molar-refractivity contribution in [2.75, 3.05) is 0 Å². The van der Waals surface area contributed by atoms with E-state index in [1.165, 1.54) is 16.6 Å². The Labute approximate surface area is 165 Å². The molecule has 140 valence electrons. The minimum Gasteiger partial charge on any atom is -0.356 e. The third-order valence-electron chi connectivity index (χ3n) is 5.20. The van der Waals surface area contributed by atoms with Gasteiger partial charge in [0.25, 0.3) is 5.91 Å². The molecule has 0 aliphatic heterocycles. The summed E-state index contributed by atoms with van der Waals surface area (Å²) in [6.45, 7) is 0. The van der Waals surface area contributed by atoms with Crippen LogP contribution in [0.3, 0.4) is 0 Å². The van der Waals surface area contributed by atoms with Crippen molar-refractivity contribution >= 4 is 28.4 Å². The summed E-state index contributed by atoms with van der Waals surface area (Å²) < 4.78 is 1.52. The largest absolute Gasteiger partial charge is 0.356 e. The lowest BCUT2D eigenvalue weighted by Crippen LogP contribution is -2.31. The standard InChI is InChI=1S/C20H17ClN6O/c21-13-7-8-17-16(10-13)15-5-2-6-18(19(15)23-17)24-20(28)12-3-1-4-14(9-12)27-11-22-25-26-27/h1,3-4,7-11,18,23H,2,5-6H2,(H,24,28)/t18-/m1/s1. The van der Waals surface area contributed by atoms with Gasteiger partial charge in [-0.05, 0) is 71.7 Å². The number of aromatic nitrogens is 5. The third kappa shape index (κ3) is 2.93. The van der Waals surface area contributed by atoms with Gasteiger partial charge in [-0.15, -0.1) is 5.10 Å². The molecule has 0 saturated carbocycles. The number of benzene rings is 2. The lowest BCUT2D eigenvalue weighted by molar-refractivity contribution is 0.0932. The number of carbonyl (C=O) groups is 1. The molecule has 1 atom stereocenters. The van der Waals surface area contributed by atoms with Gasteiger partial charge in [0.2, 0.25) is 0 Å². The Kier molecular flexibility index (Phi) is 4.09. The van der Waals surface area contributed by atoms with E-state index in [1.807, 2.05) is 30.3 Å². The molecule has 4 aromatic rings. The Hall–Kier alpha value is -3.19. The maximum atomic E-state index is 12.9. The molecular formula is C20H17ClN6O. The number of tetrazole rings is 1. The molecule has 28 heavy (non-hydrogen) atoms. The van der Waals surface area contributed by atoms with Crippen LogP contribution in [0, 0.1) is 0 Å². The molecule has 7 nitrogen and oxygen atoms in total. The molecular weight excluding hydrogens is 376 g/mol. The van der Waals surface area contributed by atoms with Crippen molar-refractivity contribution in [3.05, 3.63) is 70.6 Å². The average Bonchev–Trinajstić information content (AvgIpc) is 3.37. The number of H-pyrrole nitrogens is 1. The smallest absolute Gasteiger partial charge is 0.251 e. The first-order valence-corrected chi connectivity index (χ1v) is 9.51. The summed E-state index contributed by atoms with van der Waals surface area (Å²) >= 11 is 6.18. The van der Waals surface area contributed by atoms with Crippen LogP contribution < -0.4 is 5.32 Å². The van der Waals surface area contributed by atoms with Crippen LogP contribution in [0.5, 0.6) is 0 Å². The molecule has 0 bridgehead atoms. The van der Waals surface area contributed by atoms with Crippen LogP contribution in [0.25, 0.3) is 16.6 Å². The zero-order valence-corrected chi connectivity index (χ0v) is 15.6. The van der Waals surface area contributed by atoms with Gasteiger partial charge in [0.15, 0.2) is 0 Å². The van der Waals surface area contributed by atoms with Gasteiger partial charge < -0.3 is 10.3 Å². The molecule has 5 rings (SSSR count). The Morgan fingerprint density at radius 3 is 3.04 bits per heavy atom. The van der Waals surface area contributed by atoms with E-state index in [2.05, 4.69) is 25.8 Å². The molecule has 0 unspecified atom stereocenters. The molecule has 0 fully saturated rings. The van der Waals surface area contributed by atoms with E-state index in [0.717, 1.165) is 46.6 Å². The van der Waals surface area contributed by atoms with Crippen molar-refractivity contribution in [2.24, 2.45) is 0 Å². The molecule has 2 aromatic carbocycles. The van der Waals surface area contributed by atoms with Gasteiger partial charge in [-0.3, -0.25) is 4.79 Å². The summed E-state index contributed by atoms with van der Waals surface area (Å²) in [5, 5.41) is 16.2. The summed E-state index contributed by atoms with van der Waals surface area (Å²) in [5.74, 6) is -0.121. The number of fused-ring (bicyclic) bond motifs is 3. The summed E-state index contributed by atoms with van der Waals surface area (Å²) in [4.78, 5) is 16.4. The fourth-order valence-corrected chi connectivity index (χ4v) is 4.06. The lowest BCUT2D eigenvalue weighted by atomic mass is 9.91. The van der Waals surface area contributed by atoms with Crippen LogP contribution >= 0.6 is 11.6 Å². The van der Waals surface area contributed by atoms with Gasteiger partial charge in [0, 0.05) is 27.2 Å². The number of hydrogen-bond donors (Lipinski definition) is 2. The average molecular weight is 393 g/mol. The minimum absolute atomic E-state index is 0.0564. The van der Waals surface area contributed by atoms with Gasteiger partial charge in [0.05, 0.1) is 11.7 Å². The number of rotatable bonds is 3. The molecule has 0 saturated heterocycles. The Bertz CT molecular complexity index is 1170. The van der Waals surface area contributed by atoms with Crippen LogP contribution in [0.15, 0.2) is 48.8 Å². The number of nitrogens with one attached hydrogen (secondary N) is 2. The van der Waals surface area contributed by atoms with E-state index < -0.39 is 0 Å². The van der Waals surface area contributed by atoms with Crippen LogP contribution in [-0.4, -0.2) is 31.1 Å². The van der Waals surface area contributed by atoms with Gasteiger partial charge in [-0.2, -0.15) is 0 Å². The van der Waals surface area contributed by atoms with Crippen molar-refractivity contribution < 1.29 is 4.79 Å². The SMILES string of the molecule is O=C(N[C@@H]1CCCc2c1[nH]c1ccc(Cl)cc21)c1cccc(-n2cnnn2)c1. The predicted octanol–water partition coefficient (Wildman–Crippen LogP) is 3.60. The molecule has 0 radical (unpaired) electrons. The second kappa shape index (κ2) is 6.76. The van der Waals surface area contributed by atoms with E-state index in [4.69, 9.17) is 11.6 Å². The number of hydrogen-bond acceptors (Lipinski definition) is 4. The van der Waals surface area contributed by atoms with E-state index in [9.17, 15) is 4.79 Å². The highest BCUT2D eigenvalue weighted by Gasteiger charge is 2.26. The van der Waals surface area contributed by atoms with Gasteiger partial charge in [-0.1, -0.05) is 17.7 Å². The first kappa shape index (κ1) is 16.9. The lowest BCUT2D eigenvalue weighted by Gasteiger charge is -2.24. The fraction of sp³-hybridized carbons (Fsp3) is 0.200. The molecule has 1 aliphatic carbocycles. The van der Waals surface area contributed by atoms with Crippen LogP contribution in [-0.2, 0) is 6.42 Å². The maximum Gasteiger partial charge on any atom is 0.251 e. The number of nitrogens with zero attached hydrogens (tertiary/aromatic N) is 4. The molecule has 2 heterocycles. The van der Waals surface area contributed by atoms with Crippen LogP contribution in [0.4, 0.5) is 0 Å². The predicted molar refractivity (Wildman–Crippen MR) is 106 cm³/mol. The summed E-state index contributed by atoms with van der Waals surface area (Å²) in [6, 6.07) is 13.1. The second-order valence-electron chi connectivity index (χ2n) is 6.93. The first-order valence-electron chi connectivity index (χ1n) is 9.13. The molecule has 8 heteroatoms. The Morgan fingerprint density at radius 2 is 2.18 bits per heavy atom. The summed E-state index contributed by atoms with van der Waals surface area (Å²) in [7, 11) is 0. The fourth-order valence-electron chi connectivity index (χ4n) is 3.89. The van der Waals surface area contributed by atoms with Crippen LogP contribution in [0.1, 0.15) is 40.5 Å². The summed E-state index contributed by atoms with van der Waals surface area (Å²) in [6.07, 6.45) is 4.39. The zero-order valence-electron chi connectivity index (χ0n) is 14.9.